The van der Waals surface area contributed by atoms with E-state index >= 15 is 0 Å². The van der Waals surface area contributed by atoms with Crippen molar-refractivity contribution in [1.82, 2.24) is 10.3 Å². The summed E-state index contributed by atoms with van der Waals surface area (Å²) >= 11 is 0. The van der Waals surface area contributed by atoms with E-state index < -0.39 is 0 Å². The van der Waals surface area contributed by atoms with Crippen LogP contribution < -0.4 is 5.32 Å². The summed E-state index contributed by atoms with van der Waals surface area (Å²) < 4.78 is 0. The van der Waals surface area contributed by atoms with Crippen LogP contribution >= 0.6 is 0 Å². The van der Waals surface area contributed by atoms with Crippen molar-refractivity contribution in [3.63, 3.8) is 0 Å². The fraction of sp³-hybridized carbons (Fsp3) is 0. The van der Waals surface area contributed by atoms with E-state index in [1.54, 1.807) is 12.4 Å². The topological polar surface area (TPSA) is 24.9 Å². The lowest BCUT2D eigenvalue weighted by atomic mass is 10.5. The number of pyridine rings is 1. The van der Waals surface area contributed by atoms with Gasteiger partial charge < -0.3 is 5.32 Å². The van der Waals surface area contributed by atoms with Gasteiger partial charge >= 0.3 is 0 Å². The van der Waals surface area contributed by atoms with Gasteiger partial charge in [0.15, 0.2) is 0 Å². The van der Waals surface area contributed by atoms with Crippen molar-refractivity contribution in [3.8, 4) is 0 Å². The predicted octanol–water partition coefficient (Wildman–Crippen LogP) is 2.25. The van der Waals surface area contributed by atoms with Gasteiger partial charge in [0.25, 0.3) is 0 Å². The second-order valence-electron chi connectivity index (χ2n) is 2.29. The van der Waals surface area contributed by atoms with Gasteiger partial charge in [-0.3, -0.25) is 4.98 Å². The van der Waals surface area contributed by atoms with Gasteiger partial charge in [-0.25, -0.2) is 0 Å². The van der Waals surface area contributed by atoms with Crippen molar-refractivity contribution in [2.75, 3.05) is 0 Å². The van der Waals surface area contributed by atoms with Gasteiger partial charge in [-0.15, -0.1) is 0 Å². The quantitative estimate of drug-likeness (QED) is 0.649. The van der Waals surface area contributed by atoms with E-state index in [1.165, 1.54) is 0 Å². The number of allylic oxidation sites excluding steroid dienone is 4. The highest BCUT2D eigenvalue weighted by atomic mass is 14.8. The second kappa shape index (κ2) is 6.85. The van der Waals surface area contributed by atoms with Crippen molar-refractivity contribution in [3.05, 3.63) is 67.3 Å². The molecule has 0 saturated carbocycles. The molecule has 0 spiro atoms. The first-order chi connectivity index (χ1) is 6.50. The summed E-state index contributed by atoms with van der Waals surface area (Å²) in [5.74, 6) is 0. The third-order valence-corrected chi connectivity index (χ3v) is 1.28. The fourth-order valence-corrected chi connectivity index (χ4v) is 0.719. The second-order valence-corrected chi connectivity index (χ2v) is 2.29. The van der Waals surface area contributed by atoms with Crippen molar-refractivity contribution < 1.29 is 0 Å². The molecule has 0 radical (unpaired) electrons. The Labute approximate surface area is 78.3 Å². The molecule has 0 amide bonds. The van der Waals surface area contributed by atoms with Gasteiger partial charge in [0.2, 0.25) is 0 Å². The minimum atomic E-state index is 1.75. The molecular weight excluding hydrogens is 160 g/mol. The maximum atomic E-state index is 3.78. The molecule has 0 saturated heterocycles. The highest BCUT2D eigenvalue weighted by Crippen LogP contribution is 1.81. The Kier molecular flexibility index (Phi) is 4.88. The van der Waals surface area contributed by atoms with E-state index in [2.05, 4.69) is 10.3 Å². The third kappa shape index (κ3) is 5.44. The van der Waals surface area contributed by atoms with Gasteiger partial charge in [-0.1, -0.05) is 18.2 Å². The fourth-order valence-electron chi connectivity index (χ4n) is 0.719. The molecule has 2 rings (SSSR count). The first kappa shape index (κ1) is 9.26. The van der Waals surface area contributed by atoms with Crippen molar-refractivity contribution in [2.24, 2.45) is 0 Å². The first-order valence-electron chi connectivity index (χ1n) is 4.09. The molecule has 1 aliphatic rings. The molecule has 1 aromatic heterocycles. The molecule has 0 fully saturated rings. The molecule has 0 atom stereocenters. The molecule has 66 valence electrons. The van der Waals surface area contributed by atoms with E-state index in [9.17, 15) is 0 Å². The molecule has 0 aromatic carbocycles. The Balaban J connectivity index is 0.000000132. The zero-order chi connectivity index (χ0) is 9.19. The lowest BCUT2D eigenvalue weighted by Gasteiger charge is -1.79. The molecule has 1 aromatic rings. The van der Waals surface area contributed by atoms with Crippen LogP contribution in [0, 0.1) is 0 Å². The smallest absolute Gasteiger partial charge is 0.0267 e. The minimum Gasteiger partial charge on any atom is -0.368 e. The van der Waals surface area contributed by atoms with Crippen LogP contribution in [0.3, 0.4) is 0 Å². The Hall–Kier alpha value is -1.83. The number of hydrogen-bond acceptors (Lipinski definition) is 2. The zero-order valence-corrected chi connectivity index (χ0v) is 7.30. The average molecular weight is 172 g/mol. The van der Waals surface area contributed by atoms with E-state index in [1.807, 2.05) is 54.9 Å². The number of hydrogen-bond donors (Lipinski definition) is 1. The Bertz CT molecular complexity index is 246. The van der Waals surface area contributed by atoms with Gasteiger partial charge in [0, 0.05) is 24.8 Å². The van der Waals surface area contributed by atoms with Crippen molar-refractivity contribution in [2.45, 2.75) is 0 Å². The first-order valence-corrected chi connectivity index (χ1v) is 4.09. The Morgan fingerprint density at radius 2 is 1.31 bits per heavy atom. The molecule has 1 N–H and O–H groups in total. The van der Waals surface area contributed by atoms with Crippen LogP contribution in [0.25, 0.3) is 0 Å². The summed E-state index contributed by atoms with van der Waals surface area (Å²) in [6, 6.07) is 5.72. The zero-order valence-electron chi connectivity index (χ0n) is 7.30. The summed E-state index contributed by atoms with van der Waals surface area (Å²) in [4.78, 5) is 3.78. The van der Waals surface area contributed by atoms with Crippen LogP contribution in [0.4, 0.5) is 0 Å². The van der Waals surface area contributed by atoms with Crippen molar-refractivity contribution in [1.29, 1.82) is 0 Å². The molecule has 2 heterocycles. The molecule has 0 bridgehead atoms. The maximum Gasteiger partial charge on any atom is 0.0267 e. The van der Waals surface area contributed by atoms with Crippen molar-refractivity contribution >= 4 is 0 Å². The molecule has 13 heavy (non-hydrogen) atoms. The van der Waals surface area contributed by atoms with E-state index in [-0.39, 0.29) is 0 Å². The minimum absolute atomic E-state index is 1.75. The highest BCUT2D eigenvalue weighted by molar-refractivity contribution is 5.14. The lowest BCUT2D eigenvalue weighted by molar-refractivity contribution is 1.20. The highest BCUT2D eigenvalue weighted by Gasteiger charge is 1.67. The Morgan fingerprint density at radius 3 is 1.69 bits per heavy atom. The SMILES string of the molecule is C1=CC=CNC=C1.c1ccncc1. The van der Waals surface area contributed by atoms with E-state index in [4.69, 9.17) is 0 Å². The van der Waals surface area contributed by atoms with Crippen LogP contribution in [0.15, 0.2) is 67.3 Å². The van der Waals surface area contributed by atoms with Crippen LogP contribution in [-0.4, -0.2) is 4.98 Å². The molecule has 0 aliphatic carbocycles. The van der Waals surface area contributed by atoms with Crippen LogP contribution in [0.5, 0.6) is 0 Å². The number of aromatic nitrogens is 1. The van der Waals surface area contributed by atoms with E-state index in [0.29, 0.717) is 0 Å². The summed E-state index contributed by atoms with van der Waals surface area (Å²) in [7, 11) is 0. The summed E-state index contributed by atoms with van der Waals surface area (Å²) in [6.07, 6.45) is 15.1. The monoisotopic (exact) mass is 172 g/mol. The standard InChI is InChI=1S/C6H7N.C5H5N/c1-2-4-6-7-5-3-1;1-2-4-6-5-3-1/h1-7H;1-5H. The summed E-state index contributed by atoms with van der Waals surface area (Å²) in [6.45, 7) is 0. The maximum absolute atomic E-state index is 3.78. The van der Waals surface area contributed by atoms with Crippen LogP contribution in [-0.2, 0) is 0 Å². The van der Waals surface area contributed by atoms with Crippen LogP contribution in [0.2, 0.25) is 0 Å². The van der Waals surface area contributed by atoms with E-state index in [0.717, 1.165) is 0 Å². The predicted molar refractivity (Wildman–Crippen MR) is 54.8 cm³/mol. The lowest BCUT2D eigenvalue weighted by Crippen LogP contribution is -1.87. The van der Waals surface area contributed by atoms with Gasteiger partial charge in [-0.05, 0) is 24.3 Å². The molecule has 2 heteroatoms. The average Bonchev–Trinajstić information content (AvgIpc) is 2.53. The molecule has 2 nitrogen and oxygen atoms in total. The summed E-state index contributed by atoms with van der Waals surface area (Å²) in [5, 5.41) is 2.92. The largest absolute Gasteiger partial charge is 0.368 e. The van der Waals surface area contributed by atoms with Crippen LogP contribution in [0.1, 0.15) is 0 Å². The molecule has 0 unspecified atom stereocenters. The number of nitrogens with one attached hydrogen (secondary N) is 1. The normalized spacial score (nSPS) is 12.3. The number of nitrogens with zero attached hydrogens (tertiary/aromatic N) is 1. The third-order valence-electron chi connectivity index (χ3n) is 1.28. The van der Waals surface area contributed by atoms with Gasteiger partial charge in [0.1, 0.15) is 0 Å². The molecular formula is C11H12N2. The summed E-state index contributed by atoms with van der Waals surface area (Å²) in [5.41, 5.74) is 0. The number of rotatable bonds is 0. The van der Waals surface area contributed by atoms with Gasteiger partial charge in [-0.2, -0.15) is 0 Å². The van der Waals surface area contributed by atoms with Gasteiger partial charge in [0.05, 0.1) is 0 Å². The molecule has 1 aliphatic heterocycles. The Morgan fingerprint density at radius 1 is 0.692 bits per heavy atom.